The summed E-state index contributed by atoms with van der Waals surface area (Å²) < 4.78 is 27.0. The largest absolute Gasteiger partial charge is 0.481 e. The molecule has 0 saturated carbocycles. The van der Waals surface area contributed by atoms with Gasteiger partial charge in [-0.2, -0.15) is 8.42 Å². The van der Waals surface area contributed by atoms with Crippen molar-refractivity contribution in [3.05, 3.63) is 47.1 Å². The molecule has 0 unspecified atom stereocenters. The van der Waals surface area contributed by atoms with Crippen molar-refractivity contribution in [2.75, 3.05) is 0 Å². The van der Waals surface area contributed by atoms with Gasteiger partial charge in [0.05, 0.1) is 6.42 Å². The number of aliphatic carboxylic acids is 1. The molecule has 0 atom stereocenters. The van der Waals surface area contributed by atoms with Gasteiger partial charge in [0.1, 0.15) is 4.21 Å². The molecule has 0 aliphatic carbocycles. The van der Waals surface area contributed by atoms with Crippen LogP contribution in [0.5, 0.6) is 0 Å². The summed E-state index contributed by atoms with van der Waals surface area (Å²) in [7, 11) is -3.79. The first-order chi connectivity index (χ1) is 10.4. The summed E-state index contributed by atoms with van der Waals surface area (Å²) in [6, 6.07) is 6.53. The monoisotopic (exact) mass is 336 g/mol. The van der Waals surface area contributed by atoms with Gasteiger partial charge in [0.25, 0.3) is 10.0 Å². The fourth-order valence-electron chi connectivity index (χ4n) is 2.44. The molecule has 22 heavy (non-hydrogen) atoms. The Morgan fingerprint density at radius 2 is 2.14 bits per heavy atom. The summed E-state index contributed by atoms with van der Waals surface area (Å²) in [4.78, 5) is 15.2. The van der Waals surface area contributed by atoms with Crippen molar-refractivity contribution < 1.29 is 18.3 Å². The average molecular weight is 336 g/mol. The lowest BCUT2D eigenvalue weighted by Gasteiger charge is -2.07. The number of carboxylic acid groups (broad SMARTS) is 1. The van der Waals surface area contributed by atoms with Crippen molar-refractivity contribution in [2.24, 2.45) is 0 Å². The number of pyridine rings is 1. The molecule has 0 fully saturated rings. The standard InChI is InChI=1S/C14H12N2O4S2/c1-9-11(8-12(17)18)10-4-2-6-15-14(10)16(9)22(19,20)13-5-3-7-21-13/h2-7H,8H2,1H3,(H,17,18). The van der Waals surface area contributed by atoms with E-state index in [-0.39, 0.29) is 16.3 Å². The van der Waals surface area contributed by atoms with Crippen LogP contribution in [0, 0.1) is 6.92 Å². The number of carbonyl (C=O) groups is 1. The van der Waals surface area contributed by atoms with Crippen LogP contribution in [0.4, 0.5) is 0 Å². The summed E-state index contributed by atoms with van der Waals surface area (Å²) >= 11 is 1.11. The maximum atomic E-state index is 12.8. The third-order valence-corrected chi connectivity index (χ3v) is 6.52. The van der Waals surface area contributed by atoms with Gasteiger partial charge in [-0.3, -0.25) is 4.79 Å². The van der Waals surface area contributed by atoms with Gasteiger partial charge >= 0.3 is 5.97 Å². The Morgan fingerprint density at radius 3 is 2.77 bits per heavy atom. The second-order valence-electron chi connectivity index (χ2n) is 4.71. The van der Waals surface area contributed by atoms with Gasteiger partial charge in [-0.1, -0.05) is 6.07 Å². The lowest BCUT2D eigenvalue weighted by Crippen LogP contribution is -2.14. The minimum atomic E-state index is -3.79. The third-order valence-electron chi connectivity index (χ3n) is 3.36. The van der Waals surface area contributed by atoms with Crippen LogP contribution in [0.3, 0.4) is 0 Å². The summed E-state index contributed by atoms with van der Waals surface area (Å²) in [6.07, 6.45) is 1.24. The van der Waals surface area contributed by atoms with Crippen molar-refractivity contribution in [2.45, 2.75) is 17.6 Å². The number of hydrogen-bond donors (Lipinski definition) is 1. The first kappa shape index (κ1) is 14.7. The minimum absolute atomic E-state index is 0.194. The molecule has 6 nitrogen and oxygen atoms in total. The van der Waals surface area contributed by atoms with Gasteiger partial charge < -0.3 is 5.11 Å². The molecule has 8 heteroatoms. The Morgan fingerprint density at radius 1 is 1.36 bits per heavy atom. The molecule has 0 spiro atoms. The van der Waals surface area contributed by atoms with Crippen LogP contribution in [0.15, 0.2) is 40.1 Å². The average Bonchev–Trinajstić information content (AvgIpc) is 3.07. The van der Waals surface area contributed by atoms with Crippen LogP contribution in [-0.4, -0.2) is 28.5 Å². The van der Waals surface area contributed by atoms with E-state index >= 15 is 0 Å². The summed E-state index contributed by atoms with van der Waals surface area (Å²) in [5, 5.41) is 11.3. The van der Waals surface area contributed by atoms with Crippen molar-refractivity contribution in [3.63, 3.8) is 0 Å². The summed E-state index contributed by atoms with van der Waals surface area (Å²) in [5.74, 6) is -1.01. The molecule has 0 aromatic carbocycles. The number of carboxylic acids is 1. The van der Waals surface area contributed by atoms with Crippen LogP contribution < -0.4 is 0 Å². The van der Waals surface area contributed by atoms with E-state index in [1.165, 1.54) is 12.3 Å². The van der Waals surface area contributed by atoms with Gasteiger partial charge in [0.2, 0.25) is 0 Å². The quantitative estimate of drug-likeness (QED) is 0.789. The van der Waals surface area contributed by atoms with Crippen molar-refractivity contribution >= 4 is 38.4 Å². The molecule has 114 valence electrons. The second kappa shape index (κ2) is 5.22. The van der Waals surface area contributed by atoms with E-state index < -0.39 is 16.0 Å². The van der Waals surface area contributed by atoms with E-state index in [0.29, 0.717) is 16.6 Å². The molecule has 3 heterocycles. The van der Waals surface area contributed by atoms with Crippen LogP contribution >= 0.6 is 11.3 Å². The second-order valence-corrected chi connectivity index (χ2v) is 7.67. The lowest BCUT2D eigenvalue weighted by molar-refractivity contribution is -0.136. The molecule has 3 rings (SSSR count). The zero-order chi connectivity index (χ0) is 15.9. The fraction of sp³-hybridized carbons (Fsp3) is 0.143. The lowest BCUT2D eigenvalue weighted by atomic mass is 10.1. The molecular formula is C14H12N2O4S2. The molecule has 0 bridgehead atoms. The van der Waals surface area contributed by atoms with E-state index in [0.717, 1.165) is 15.3 Å². The predicted molar refractivity (Wildman–Crippen MR) is 82.7 cm³/mol. The predicted octanol–water partition coefficient (Wildman–Crippen LogP) is 2.27. The van der Waals surface area contributed by atoms with Gasteiger partial charge in [0.15, 0.2) is 5.65 Å². The van der Waals surface area contributed by atoms with Gasteiger partial charge in [0, 0.05) is 17.3 Å². The Kier molecular flexibility index (Phi) is 3.50. The SMILES string of the molecule is Cc1c(CC(=O)O)c2cccnc2n1S(=O)(=O)c1cccs1. The van der Waals surface area contributed by atoms with E-state index in [1.54, 1.807) is 30.5 Å². The van der Waals surface area contributed by atoms with Crippen molar-refractivity contribution in [1.82, 2.24) is 8.96 Å². The Labute approximate surface area is 130 Å². The normalized spacial score (nSPS) is 11.9. The number of thiophene rings is 1. The van der Waals surface area contributed by atoms with Gasteiger partial charge in [-0.05, 0) is 36.1 Å². The molecule has 3 aromatic heterocycles. The van der Waals surface area contributed by atoms with Crippen molar-refractivity contribution in [3.8, 4) is 0 Å². The van der Waals surface area contributed by atoms with E-state index in [1.807, 2.05) is 0 Å². The van der Waals surface area contributed by atoms with Crippen LogP contribution in [0.1, 0.15) is 11.3 Å². The zero-order valence-electron chi connectivity index (χ0n) is 11.6. The van der Waals surface area contributed by atoms with Gasteiger partial charge in [-0.15, -0.1) is 11.3 Å². The molecular weight excluding hydrogens is 324 g/mol. The zero-order valence-corrected chi connectivity index (χ0v) is 13.2. The van der Waals surface area contributed by atoms with Crippen LogP contribution in [0.25, 0.3) is 11.0 Å². The van der Waals surface area contributed by atoms with Crippen LogP contribution in [0.2, 0.25) is 0 Å². The van der Waals surface area contributed by atoms with Gasteiger partial charge in [-0.25, -0.2) is 8.96 Å². The molecule has 0 amide bonds. The summed E-state index contributed by atoms with van der Waals surface area (Å²) in [5.41, 5.74) is 1.10. The number of aromatic nitrogens is 2. The smallest absolute Gasteiger partial charge is 0.307 e. The highest BCUT2D eigenvalue weighted by Gasteiger charge is 2.26. The van der Waals surface area contributed by atoms with E-state index in [4.69, 9.17) is 5.11 Å². The summed E-state index contributed by atoms with van der Waals surface area (Å²) in [6.45, 7) is 1.60. The molecule has 0 aliphatic heterocycles. The molecule has 0 saturated heterocycles. The molecule has 3 aromatic rings. The Bertz CT molecular complexity index is 956. The fourth-order valence-corrected chi connectivity index (χ4v) is 5.04. The van der Waals surface area contributed by atoms with E-state index in [9.17, 15) is 13.2 Å². The first-order valence-corrected chi connectivity index (χ1v) is 8.70. The maximum absolute atomic E-state index is 12.8. The maximum Gasteiger partial charge on any atom is 0.307 e. The van der Waals surface area contributed by atoms with Crippen LogP contribution in [-0.2, 0) is 21.2 Å². The highest BCUT2D eigenvalue weighted by molar-refractivity contribution is 7.92. The topological polar surface area (TPSA) is 89.3 Å². The van der Waals surface area contributed by atoms with Crippen molar-refractivity contribution in [1.29, 1.82) is 0 Å². The number of fused-ring (bicyclic) bond motifs is 1. The molecule has 0 radical (unpaired) electrons. The molecule has 0 aliphatic rings. The Balaban J connectivity index is 2.36. The number of nitrogens with zero attached hydrogens (tertiary/aromatic N) is 2. The van der Waals surface area contributed by atoms with E-state index in [2.05, 4.69) is 4.98 Å². The first-order valence-electron chi connectivity index (χ1n) is 6.38. The number of rotatable bonds is 4. The minimum Gasteiger partial charge on any atom is -0.481 e. The Hall–Kier alpha value is -2.19. The highest BCUT2D eigenvalue weighted by Crippen LogP contribution is 2.30. The number of hydrogen-bond acceptors (Lipinski definition) is 5. The highest BCUT2D eigenvalue weighted by atomic mass is 32.2. The molecule has 1 N–H and O–H groups in total. The third kappa shape index (κ3) is 2.20.